The Balaban J connectivity index is 2.13. The van der Waals surface area contributed by atoms with E-state index in [2.05, 4.69) is 33.1 Å². The van der Waals surface area contributed by atoms with E-state index < -0.39 is 0 Å². The molecule has 0 saturated heterocycles. The first-order chi connectivity index (χ1) is 9.99. The zero-order valence-corrected chi connectivity index (χ0v) is 14.1. The number of halogens is 3. The number of benzene rings is 2. The van der Waals surface area contributed by atoms with Gasteiger partial charge in [0.1, 0.15) is 5.75 Å². The molecule has 0 aliphatic carbocycles. The quantitative estimate of drug-likeness (QED) is 0.434. The maximum atomic E-state index is 11.9. The Labute approximate surface area is 144 Å². The fraction of sp³-hybridized carbons (Fsp3) is 0. The Kier molecular flexibility index (Phi) is 5.44. The predicted octanol–water partition coefficient (Wildman–Crippen LogP) is 4.07. The Morgan fingerprint density at radius 1 is 1.29 bits per heavy atom. The first kappa shape index (κ1) is 16.1. The lowest BCUT2D eigenvalue weighted by Crippen LogP contribution is -2.18. The van der Waals surface area contributed by atoms with Gasteiger partial charge in [0.15, 0.2) is 0 Å². The van der Waals surface area contributed by atoms with Crippen LogP contribution in [0.25, 0.3) is 0 Å². The number of carbonyl (C=O) groups excluding carboxylic acids is 1. The van der Waals surface area contributed by atoms with Crippen molar-refractivity contribution in [1.82, 2.24) is 5.43 Å². The summed E-state index contributed by atoms with van der Waals surface area (Å²) >= 11 is 13.7. The monoisotopic (exact) mass is 434 g/mol. The van der Waals surface area contributed by atoms with E-state index in [1.807, 2.05) is 12.1 Å². The van der Waals surface area contributed by atoms with Gasteiger partial charge in [-0.2, -0.15) is 5.10 Å². The zero-order valence-electron chi connectivity index (χ0n) is 10.5. The van der Waals surface area contributed by atoms with E-state index in [1.54, 1.807) is 12.1 Å². The highest BCUT2D eigenvalue weighted by molar-refractivity contribution is 14.1. The zero-order chi connectivity index (χ0) is 15.4. The molecule has 0 aliphatic heterocycles. The SMILES string of the molecule is O=C(N/N=C\c1cc(Cl)cc(Cl)c1O)c1ccccc1I. The third kappa shape index (κ3) is 4.09. The van der Waals surface area contributed by atoms with E-state index in [4.69, 9.17) is 23.2 Å². The van der Waals surface area contributed by atoms with Gasteiger partial charge in [0.05, 0.1) is 16.8 Å². The molecule has 0 spiro atoms. The lowest BCUT2D eigenvalue weighted by Gasteiger charge is -2.04. The molecule has 0 fully saturated rings. The van der Waals surface area contributed by atoms with E-state index in [0.29, 0.717) is 16.1 Å². The summed E-state index contributed by atoms with van der Waals surface area (Å²) in [4.78, 5) is 11.9. The predicted molar refractivity (Wildman–Crippen MR) is 92.3 cm³/mol. The van der Waals surface area contributed by atoms with Gasteiger partial charge in [-0.3, -0.25) is 4.79 Å². The molecule has 0 radical (unpaired) electrons. The first-order valence-corrected chi connectivity index (χ1v) is 7.58. The van der Waals surface area contributed by atoms with Gasteiger partial charge in [-0.25, -0.2) is 5.43 Å². The summed E-state index contributed by atoms with van der Waals surface area (Å²) in [6.07, 6.45) is 1.28. The van der Waals surface area contributed by atoms with E-state index in [0.717, 1.165) is 3.57 Å². The number of hydrogen-bond donors (Lipinski definition) is 2. The van der Waals surface area contributed by atoms with Crippen LogP contribution in [0.5, 0.6) is 5.75 Å². The van der Waals surface area contributed by atoms with Crippen LogP contribution in [0.3, 0.4) is 0 Å². The second-order valence-electron chi connectivity index (χ2n) is 4.00. The van der Waals surface area contributed by atoms with Gasteiger partial charge in [-0.05, 0) is 46.9 Å². The van der Waals surface area contributed by atoms with Gasteiger partial charge in [0.25, 0.3) is 5.91 Å². The van der Waals surface area contributed by atoms with Crippen LogP contribution in [0.2, 0.25) is 10.0 Å². The van der Waals surface area contributed by atoms with Gasteiger partial charge < -0.3 is 5.11 Å². The molecule has 1 amide bonds. The number of nitrogens with one attached hydrogen (secondary N) is 1. The highest BCUT2D eigenvalue weighted by Crippen LogP contribution is 2.29. The third-order valence-electron chi connectivity index (χ3n) is 2.55. The van der Waals surface area contributed by atoms with Crippen molar-refractivity contribution in [2.45, 2.75) is 0 Å². The summed E-state index contributed by atoms with van der Waals surface area (Å²) in [6, 6.07) is 10.0. The van der Waals surface area contributed by atoms with E-state index in [1.165, 1.54) is 18.3 Å². The molecule has 0 saturated carbocycles. The van der Waals surface area contributed by atoms with Gasteiger partial charge >= 0.3 is 0 Å². The fourth-order valence-electron chi connectivity index (χ4n) is 1.55. The van der Waals surface area contributed by atoms with Crippen LogP contribution >= 0.6 is 45.8 Å². The smallest absolute Gasteiger partial charge is 0.272 e. The fourth-order valence-corrected chi connectivity index (χ4v) is 2.69. The number of aromatic hydroxyl groups is 1. The van der Waals surface area contributed by atoms with Crippen LogP contribution in [-0.2, 0) is 0 Å². The number of amides is 1. The number of phenolic OH excluding ortho intramolecular Hbond substituents is 1. The van der Waals surface area contributed by atoms with Gasteiger partial charge in [0, 0.05) is 14.2 Å². The molecule has 0 aromatic heterocycles. The number of phenols is 1. The Bertz CT molecular complexity index is 720. The molecule has 2 rings (SSSR count). The summed E-state index contributed by atoms with van der Waals surface area (Å²) in [7, 11) is 0. The standard InChI is InChI=1S/C14H9Cl2IN2O2/c15-9-5-8(13(20)11(16)6-9)7-18-19-14(21)10-3-1-2-4-12(10)17/h1-7,20H,(H,19,21)/b18-7-. The van der Waals surface area contributed by atoms with Crippen molar-refractivity contribution in [2.75, 3.05) is 0 Å². The van der Waals surface area contributed by atoms with E-state index in [-0.39, 0.29) is 16.7 Å². The van der Waals surface area contributed by atoms with Crippen molar-refractivity contribution in [3.63, 3.8) is 0 Å². The van der Waals surface area contributed by atoms with Crippen LogP contribution < -0.4 is 5.43 Å². The maximum Gasteiger partial charge on any atom is 0.272 e. The van der Waals surface area contributed by atoms with Gasteiger partial charge in [-0.15, -0.1) is 0 Å². The molecule has 4 nitrogen and oxygen atoms in total. The minimum atomic E-state index is -0.344. The average molecular weight is 435 g/mol. The highest BCUT2D eigenvalue weighted by atomic mass is 127. The molecule has 108 valence electrons. The first-order valence-electron chi connectivity index (χ1n) is 5.75. The van der Waals surface area contributed by atoms with Crippen molar-refractivity contribution in [3.8, 4) is 5.75 Å². The Morgan fingerprint density at radius 2 is 2.00 bits per heavy atom. The van der Waals surface area contributed by atoms with Crippen LogP contribution in [0.4, 0.5) is 0 Å². The van der Waals surface area contributed by atoms with Crippen molar-refractivity contribution < 1.29 is 9.90 Å². The number of carbonyl (C=O) groups is 1. The molecular formula is C14H9Cl2IN2O2. The highest BCUT2D eigenvalue weighted by Gasteiger charge is 2.08. The number of hydrazone groups is 1. The van der Waals surface area contributed by atoms with E-state index in [9.17, 15) is 9.90 Å². The normalized spacial score (nSPS) is 10.8. The van der Waals surface area contributed by atoms with Crippen LogP contribution in [-0.4, -0.2) is 17.2 Å². The summed E-state index contributed by atoms with van der Waals surface area (Å²) in [5.41, 5.74) is 3.22. The number of nitrogens with zero attached hydrogens (tertiary/aromatic N) is 1. The number of hydrogen-bond acceptors (Lipinski definition) is 3. The maximum absolute atomic E-state index is 11.9. The summed E-state index contributed by atoms with van der Waals surface area (Å²) in [6.45, 7) is 0. The third-order valence-corrected chi connectivity index (χ3v) is 3.99. The average Bonchev–Trinajstić information content (AvgIpc) is 2.44. The summed E-state index contributed by atoms with van der Waals surface area (Å²) < 4.78 is 0.816. The van der Waals surface area contributed by atoms with Crippen molar-refractivity contribution >= 4 is 57.9 Å². The molecule has 7 heteroatoms. The van der Waals surface area contributed by atoms with Crippen molar-refractivity contribution in [1.29, 1.82) is 0 Å². The lowest BCUT2D eigenvalue weighted by atomic mass is 10.2. The second kappa shape index (κ2) is 7.11. The summed E-state index contributed by atoms with van der Waals surface area (Å²) in [5.74, 6) is -0.489. The molecule has 2 aromatic carbocycles. The molecule has 0 bridgehead atoms. The molecule has 0 unspecified atom stereocenters. The molecule has 21 heavy (non-hydrogen) atoms. The van der Waals surface area contributed by atoms with Gasteiger partial charge in [-0.1, -0.05) is 35.3 Å². The Morgan fingerprint density at radius 3 is 2.71 bits per heavy atom. The molecule has 2 aromatic rings. The van der Waals surface area contributed by atoms with Crippen molar-refractivity contribution in [2.24, 2.45) is 5.10 Å². The largest absolute Gasteiger partial charge is 0.506 e. The minimum absolute atomic E-state index is 0.118. The number of rotatable bonds is 3. The molecular weight excluding hydrogens is 426 g/mol. The van der Waals surface area contributed by atoms with Crippen LogP contribution in [0.1, 0.15) is 15.9 Å². The molecule has 0 aliphatic rings. The molecule has 0 atom stereocenters. The van der Waals surface area contributed by atoms with E-state index >= 15 is 0 Å². The van der Waals surface area contributed by atoms with Crippen LogP contribution in [0.15, 0.2) is 41.5 Å². The van der Waals surface area contributed by atoms with Crippen molar-refractivity contribution in [3.05, 3.63) is 61.1 Å². The minimum Gasteiger partial charge on any atom is -0.506 e. The topological polar surface area (TPSA) is 61.7 Å². The van der Waals surface area contributed by atoms with Gasteiger partial charge in [0.2, 0.25) is 0 Å². The lowest BCUT2D eigenvalue weighted by molar-refractivity contribution is 0.0954. The van der Waals surface area contributed by atoms with Crippen LogP contribution in [0, 0.1) is 3.57 Å². The summed E-state index contributed by atoms with van der Waals surface area (Å²) in [5, 5.41) is 14.0. The molecule has 2 N–H and O–H groups in total. The Hall–Kier alpha value is -1.31. The second-order valence-corrected chi connectivity index (χ2v) is 6.01. The molecule has 0 heterocycles.